The summed E-state index contributed by atoms with van der Waals surface area (Å²) in [6.45, 7) is 0.454. The largest absolute Gasteiger partial charge is 0.481 e. The van der Waals surface area contributed by atoms with Crippen LogP contribution in [-0.2, 0) is 15.6 Å². The van der Waals surface area contributed by atoms with Gasteiger partial charge < -0.3 is 15.7 Å². The van der Waals surface area contributed by atoms with Crippen molar-refractivity contribution < 1.29 is 18.9 Å². The van der Waals surface area contributed by atoms with E-state index in [1.54, 1.807) is 6.26 Å². The van der Waals surface area contributed by atoms with E-state index in [9.17, 15) is 13.8 Å². The Morgan fingerprint density at radius 1 is 1.39 bits per heavy atom. The summed E-state index contributed by atoms with van der Waals surface area (Å²) in [5, 5.41) is 14.3. The number of nitrogens with one attached hydrogen (secondary N) is 2. The molecule has 0 aliphatic heterocycles. The Hall–Kier alpha value is -1.11. The summed E-state index contributed by atoms with van der Waals surface area (Å²) in [7, 11) is -0.846. The van der Waals surface area contributed by atoms with E-state index in [-0.39, 0.29) is 12.1 Å². The smallest absolute Gasteiger partial charge is 0.315 e. The van der Waals surface area contributed by atoms with E-state index in [0.29, 0.717) is 31.6 Å². The number of carbonyl (C=O) groups is 2. The number of aliphatic carboxylic acids is 1. The lowest BCUT2D eigenvalue weighted by molar-refractivity contribution is -0.142. The van der Waals surface area contributed by atoms with Crippen molar-refractivity contribution in [3.8, 4) is 0 Å². The molecule has 1 saturated carbocycles. The second-order valence-electron chi connectivity index (χ2n) is 4.51. The number of amides is 2. The maximum absolute atomic E-state index is 11.5. The molecule has 0 spiro atoms. The molecule has 18 heavy (non-hydrogen) atoms. The molecule has 0 aromatic carbocycles. The molecule has 0 heterocycles. The fourth-order valence-electron chi connectivity index (χ4n) is 2.13. The Morgan fingerprint density at radius 2 is 2.11 bits per heavy atom. The van der Waals surface area contributed by atoms with Crippen LogP contribution in [-0.4, -0.2) is 45.9 Å². The molecule has 104 valence electrons. The molecule has 3 unspecified atom stereocenters. The summed E-state index contributed by atoms with van der Waals surface area (Å²) in [6, 6.07) is -0.613. The van der Waals surface area contributed by atoms with Crippen LogP contribution in [0.25, 0.3) is 0 Å². The third-order valence-electron chi connectivity index (χ3n) is 3.04. The highest BCUT2D eigenvalue weighted by Gasteiger charge is 2.33. The highest BCUT2D eigenvalue weighted by Crippen LogP contribution is 2.25. The van der Waals surface area contributed by atoms with Gasteiger partial charge in [0, 0.05) is 35.4 Å². The molecular formula is C11H20N2O4S. The minimum absolute atomic E-state index is 0.275. The summed E-state index contributed by atoms with van der Waals surface area (Å²) in [5.41, 5.74) is 0. The Morgan fingerprint density at radius 3 is 2.72 bits per heavy atom. The highest BCUT2D eigenvalue weighted by atomic mass is 32.2. The molecule has 0 radical (unpaired) electrons. The van der Waals surface area contributed by atoms with Gasteiger partial charge in [-0.25, -0.2) is 4.79 Å². The predicted octanol–water partition coefficient (Wildman–Crippen LogP) is 0.308. The number of carbonyl (C=O) groups excluding carboxylic acids is 1. The maximum atomic E-state index is 11.5. The molecule has 0 saturated heterocycles. The molecule has 1 aliphatic rings. The van der Waals surface area contributed by atoms with Crippen molar-refractivity contribution in [1.82, 2.24) is 10.6 Å². The molecule has 0 aromatic heterocycles. The van der Waals surface area contributed by atoms with Crippen LogP contribution in [0.1, 0.15) is 25.7 Å². The van der Waals surface area contributed by atoms with E-state index in [0.717, 1.165) is 6.42 Å². The van der Waals surface area contributed by atoms with Crippen LogP contribution in [0.5, 0.6) is 0 Å². The van der Waals surface area contributed by atoms with Gasteiger partial charge in [0.2, 0.25) is 0 Å². The number of hydrogen-bond acceptors (Lipinski definition) is 3. The number of urea groups is 1. The van der Waals surface area contributed by atoms with Gasteiger partial charge in [-0.15, -0.1) is 0 Å². The van der Waals surface area contributed by atoms with Crippen LogP contribution in [0.2, 0.25) is 0 Å². The fraction of sp³-hybridized carbons (Fsp3) is 0.818. The van der Waals surface area contributed by atoms with Gasteiger partial charge in [-0.2, -0.15) is 0 Å². The average molecular weight is 276 g/mol. The van der Waals surface area contributed by atoms with Crippen molar-refractivity contribution >= 4 is 22.8 Å². The Labute approximate surface area is 109 Å². The number of hydrogen-bond donors (Lipinski definition) is 3. The highest BCUT2D eigenvalue weighted by molar-refractivity contribution is 7.84. The van der Waals surface area contributed by atoms with Crippen LogP contribution in [0.4, 0.5) is 4.79 Å². The minimum Gasteiger partial charge on any atom is -0.481 e. The van der Waals surface area contributed by atoms with E-state index in [4.69, 9.17) is 5.11 Å². The van der Waals surface area contributed by atoms with Gasteiger partial charge in [0.25, 0.3) is 0 Å². The lowest BCUT2D eigenvalue weighted by Crippen LogP contribution is -2.45. The minimum atomic E-state index is -0.848. The number of carboxylic acids is 1. The van der Waals surface area contributed by atoms with Gasteiger partial charge in [-0.1, -0.05) is 6.42 Å². The molecule has 1 rings (SSSR count). The predicted molar refractivity (Wildman–Crippen MR) is 68.8 cm³/mol. The fourth-order valence-corrected chi connectivity index (χ4v) is 2.68. The summed E-state index contributed by atoms with van der Waals surface area (Å²) in [5.74, 6) is -0.764. The first-order valence-electron chi connectivity index (χ1n) is 6.08. The van der Waals surface area contributed by atoms with E-state index < -0.39 is 22.7 Å². The summed E-state index contributed by atoms with van der Waals surface area (Å²) < 4.78 is 10.8. The van der Waals surface area contributed by atoms with Gasteiger partial charge in [0.15, 0.2) is 0 Å². The first kappa shape index (κ1) is 14.9. The zero-order valence-corrected chi connectivity index (χ0v) is 11.3. The quantitative estimate of drug-likeness (QED) is 0.608. The van der Waals surface area contributed by atoms with Gasteiger partial charge >= 0.3 is 12.0 Å². The van der Waals surface area contributed by atoms with Crippen LogP contribution in [0, 0.1) is 5.92 Å². The molecule has 0 aromatic rings. The number of carboxylic acid groups (broad SMARTS) is 1. The van der Waals surface area contributed by atoms with Gasteiger partial charge in [0.05, 0.1) is 5.92 Å². The van der Waals surface area contributed by atoms with E-state index in [1.807, 2.05) is 0 Å². The Balaban J connectivity index is 2.23. The second kappa shape index (κ2) is 7.35. The summed E-state index contributed by atoms with van der Waals surface area (Å²) in [4.78, 5) is 22.4. The zero-order chi connectivity index (χ0) is 13.5. The van der Waals surface area contributed by atoms with Gasteiger partial charge in [0.1, 0.15) is 0 Å². The molecule has 3 atom stereocenters. The SMILES string of the molecule is CS(=O)CCCNC(=O)NC1CCCC1C(=O)O. The number of rotatable bonds is 6. The molecule has 0 bridgehead atoms. The third kappa shape index (κ3) is 5.03. The third-order valence-corrected chi connectivity index (χ3v) is 3.91. The Bertz CT molecular complexity index is 335. The summed E-state index contributed by atoms with van der Waals surface area (Å²) >= 11 is 0. The lowest BCUT2D eigenvalue weighted by Gasteiger charge is -2.17. The van der Waals surface area contributed by atoms with Crippen molar-refractivity contribution in [3.63, 3.8) is 0 Å². The molecule has 2 amide bonds. The lowest BCUT2D eigenvalue weighted by atomic mass is 10.0. The van der Waals surface area contributed by atoms with Crippen LogP contribution in [0.3, 0.4) is 0 Å². The normalized spacial score (nSPS) is 24.5. The topological polar surface area (TPSA) is 95.5 Å². The maximum Gasteiger partial charge on any atom is 0.315 e. The first-order chi connectivity index (χ1) is 8.50. The molecule has 1 fully saturated rings. The van der Waals surface area contributed by atoms with Gasteiger partial charge in [-0.3, -0.25) is 9.00 Å². The van der Waals surface area contributed by atoms with Crippen LogP contribution < -0.4 is 10.6 Å². The molecule has 1 aliphatic carbocycles. The Kier molecular flexibility index (Phi) is 6.11. The standard InChI is InChI=1S/C11H20N2O4S/c1-18(17)7-3-6-12-11(16)13-9-5-2-4-8(9)10(14)15/h8-9H,2-7H2,1H3,(H,14,15)(H2,12,13,16). The molecule has 7 heteroatoms. The second-order valence-corrected chi connectivity index (χ2v) is 6.07. The van der Waals surface area contributed by atoms with Crippen LogP contribution in [0.15, 0.2) is 0 Å². The van der Waals surface area contributed by atoms with E-state index in [2.05, 4.69) is 10.6 Å². The zero-order valence-electron chi connectivity index (χ0n) is 10.5. The molecular weight excluding hydrogens is 256 g/mol. The monoisotopic (exact) mass is 276 g/mol. The summed E-state index contributed by atoms with van der Waals surface area (Å²) in [6.07, 6.45) is 4.44. The van der Waals surface area contributed by atoms with Crippen molar-refractivity contribution in [3.05, 3.63) is 0 Å². The average Bonchev–Trinajstić information content (AvgIpc) is 2.72. The van der Waals surface area contributed by atoms with Gasteiger partial charge in [-0.05, 0) is 19.3 Å². The van der Waals surface area contributed by atoms with E-state index in [1.165, 1.54) is 0 Å². The van der Waals surface area contributed by atoms with Crippen molar-refractivity contribution in [2.75, 3.05) is 18.6 Å². The van der Waals surface area contributed by atoms with Crippen LogP contribution >= 0.6 is 0 Å². The van der Waals surface area contributed by atoms with Crippen molar-refractivity contribution in [2.45, 2.75) is 31.7 Å². The van der Waals surface area contributed by atoms with Crippen molar-refractivity contribution in [1.29, 1.82) is 0 Å². The van der Waals surface area contributed by atoms with Crippen molar-refractivity contribution in [2.24, 2.45) is 5.92 Å². The van der Waals surface area contributed by atoms with E-state index >= 15 is 0 Å². The molecule has 3 N–H and O–H groups in total. The first-order valence-corrected chi connectivity index (χ1v) is 7.80. The molecule has 6 nitrogen and oxygen atoms in total.